The maximum absolute atomic E-state index is 12.7. The Morgan fingerprint density at radius 1 is 1.10 bits per heavy atom. The predicted octanol–water partition coefficient (Wildman–Crippen LogP) is 1.45. The predicted molar refractivity (Wildman–Crippen MR) is 77.1 cm³/mol. The van der Waals surface area contributed by atoms with Crippen LogP contribution in [0.25, 0.3) is 0 Å². The molecule has 0 aliphatic carbocycles. The maximum Gasteiger partial charge on any atom is 0.190 e. The van der Waals surface area contributed by atoms with Crippen LogP contribution < -0.4 is 10.5 Å². The highest BCUT2D eigenvalue weighted by molar-refractivity contribution is 7.91. The van der Waals surface area contributed by atoms with E-state index in [1.807, 2.05) is 0 Å². The molecule has 0 saturated heterocycles. The van der Waals surface area contributed by atoms with Crippen molar-refractivity contribution in [2.75, 3.05) is 13.7 Å². The van der Waals surface area contributed by atoms with Crippen molar-refractivity contribution in [2.45, 2.75) is 10.1 Å². The molecule has 0 amide bonds. The average Bonchev–Trinajstić information content (AvgIpc) is 2.49. The minimum Gasteiger partial charge on any atom is -0.497 e. The van der Waals surface area contributed by atoms with Crippen LogP contribution in [-0.4, -0.2) is 22.1 Å². The molecule has 3 N–H and O–H groups in total. The summed E-state index contributed by atoms with van der Waals surface area (Å²) >= 11 is 0. The fourth-order valence-electron chi connectivity index (χ4n) is 2.12. The summed E-state index contributed by atoms with van der Waals surface area (Å²) in [5, 5.41) is -0.667. The van der Waals surface area contributed by atoms with Crippen LogP contribution in [0.3, 0.4) is 0 Å². The van der Waals surface area contributed by atoms with E-state index in [1.165, 1.54) is 0 Å². The second-order valence-corrected chi connectivity index (χ2v) is 6.54. The van der Waals surface area contributed by atoms with Gasteiger partial charge in [-0.3, -0.25) is 0 Å². The summed E-state index contributed by atoms with van der Waals surface area (Å²) in [4.78, 5) is 0.316. The van der Waals surface area contributed by atoms with Gasteiger partial charge in [-0.05, 0) is 29.8 Å². The Kier molecular flexibility index (Phi) is 4.42. The highest BCUT2D eigenvalue weighted by Gasteiger charge is 2.29. The van der Waals surface area contributed by atoms with Gasteiger partial charge < -0.3 is 10.5 Å². The van der Waals surface area contributed by atoms with Crippen molar-refractivity contribution in [3.8, 4) is 5.75 Å². The molecule has 0 aromatic heterocycles. The lowest BCUT2D eigenvalue weighted by Gasteiger charge is -2.15. The molecule has 4 nitrogen and oxygen atoms in total. The summed E-state index contributed by atoms with van der Waals surface area (Å²) < 4.78 is 30.5. The zero-order chi connectivity index (χ0) is 14.6. The van der Waals surface area contributed by atoms with Crippen LogP contribution in [0, 0.1) is 0 Å². The van der Waals surface area contributed by atoms with Gasteiger partial charge in [0.15, 0.2) is 9.84 Å². The van der Waals surface area contributed by atoms with E-state index in [-0.39, 0.29) is 6.54 Å². The summed E-state index contributed by atoms with van der Waals surface area (Å²) in [5.41, 5.74) is 4.49. The maximum atomic E-state index is 12.7. The van der Waals surface area contributed by atoms with Crippen LogP contribution in [0.4, 0.5) is 0 Å². The van der Waals surface area contributed by atoms with Crippen LogP contribution >= 0.6 is 0 Å². The third-order valence-electron chi connectivity index (χ3n) is 3.17. The van der Waals surface area contributed by atoms with Crippen LogP contribution in [-0.2, 0) is 9.84 Å². The first-order valence-electron chi connectivity index (χ1n) is 6.31. The molecule has 5 heteroatoms. The van der Waals surface area contributed by atoms with Crippen molar-refractivity contribution in [1.29, 1.82) is 0 Å². The van der Waals surface area contributed by atoms with Crippen molar-refractivity contribution >= 4 is 9.84 Å². The van der Waals surface area contributed by atoms with Gasteiger partial charge in [0.25, 0.3) is 0 Å². The lowest BCUT2D eigenvalue weighted by Crippen LogP contribution is -2.54. The number of methoxy groups -OCH3 is 1. The van der Waals surface area contributed by atoms with E-state index in [0.29, 0.717) is 16.2 Å². The minimum absolute atomic E-state index is 0.268. The summed E-state index contributed by atoms with van der Waals surface area (Å²) in [6.45, 7) is 0.268. The first-order valence-corrected chi connectivity index (χ1v) is 7.86. The molecule has 0 aliphatic heterocycles. The summed E-state index contributed by atoms with van der Waals surface area (Å²) in [6, 6.07) is 15.6. The van der Waals surface area contributed by atoms with Crippen LogP contribution in [0.2, 0.25) is 0 Å². The van der Waals surface area contributed by atoms with Crippen LogP contribution in [0.1, 0.15) is 10.8 Å². The number of sulfone groups is 1. The van der Waals surface area contributed by atoms with Gasteiger partial charge >= 0.3 is 0 Å². The van der Waals surface area contributed by atoms with E-state index < -0.39 is 15.1 Å². The highest BCUT2D eigenvalue weighted by atomic mass is 32.2. The minimum atomic E-state index is -3.45. The third kappa shape index (κ3) is 2.84. The fraction of sp³-hybridized carbons (Fsp3) is 0.200. The molecule has 0 unspecified atom stereocenters. The van der Waals surface area contributed by atoms with Crippen LogP contribution in [0.5, 0.6) is 5.75 Å². The molecule has 0 spiro atoms. The Bertz CT molecular complexity index is 669. The molecule has 2 rings (SSSR count). The molecule has 2 aromatic carbocycles. The SMILES string of the molecule is COc1cccc([C@H](C[NH3+])S(=O)(=O)c2ccccc2)c1. The number of ether oxygens (including phenoxy) is 1. The van der Waals surface area contributed by atoms with Gasteiger partial charge in [0.2, 0.25) is 0 Å². The molecule has 0 heterocycles. The van der Waals surface area contributed by atoms with E-state index in [1.54, 1.807) is 61.7 Å². The number of rotatable bonds is 5. The lowest BCUT2D eigenvalue weighted by molar-refractivity contribution is -0.367. The highest BCUT2D eigenvalue weighted by Crippen LogP contribution is 2.29. The lowest BCUT2D eigenvalue weighted by atomic mass is 10.1. The van der Waals surface area contributed by atoms with Gasteiger partial charge in [-0.15, -0.1) is 0 Å². The van der Waals surface area contributed by atoms with Gasteiger partial charge in [0.05, 0.1) is 18.6 Å². The first kappa shape index (κ1) is 14.6. The van der Waals surface area contributed by atoms with Gasteiger partial charge in [-0.1, -0.05) is 30.3 Å². The smallest absolute Gasteiger partial charge is 0.190 e. The van der Waals surface area contributed by atoms with Crippen molar-refractivity contribution in [2.24, 2.45) is 0 Å². The molecule has 0 bridgehead atoms. The Labute approximate surface area is 119 Å². The standard InChI is InChI=1S/C15H17NO3S/c1-19-13-7-5-6-12(10-13)15(11-16)20(17,18)14-8-3-2-4-9-14/h2-10,15H,11,16H2,1H3/p+1/t15-/m0/s1. The molecule has 0 saturated carbocycles. The molecule has 0 fully saturated rings. The van der Waals surface area contributed by atoms with Gasteiger partial charge in [-0.2, -0.15) is 0 Å². The molecule has 20 heavy (non-hydrogen) atoms. The van der Waals surface area contributed by atoms with Gasteiger partial charge in [-0.25, -0.2) is 8.42 Å². The van der Waals surface area contributed by atoms with E-state index in [0.717, 1.165) is 0 Å². The quantitative estimate of drug-likeness (QED) is 0.906. The molecular weight excluding hydrogens is 274 g/mol. The summed E-state index contributed by atoms with van der Waals surface area (Å²) in [5.74, 6) is 0.643. The normalized spacial score (nSPS) is 12.9. The summed E-state index contributed by atoms with van der Waals surface area (Å²) in [7, 11) is -1.89. The van der Waals surface area contributed by atoms with Crippen molar-refractivity contribution in [3.63, 3.8) is 0 Å². The first-order chi connectivity index (χ1) is 9.59. The molecule has 0 aliphatic rings. The monoisotopic (exact) mass is 292 g/mol. The van der Waals surface area contributed by atoms with Crippen molar-refractivity contribution < 1.29 is 18.9 Å². The molecule has 0 radical (unpaired) electrons. The molecule has 106 valence electrons. The zero-order valence-corrected chi connectivity index (χ0v) is 12.1. The van der Waals surface area contributed by atoms with E-state index in [4.69, 9.17) is 4.74 Å². The van der Waals surface area contributed by atoms with Gasteiger partial charge in [0.1, 0.15) is 11.0 Å². The average molecular weight is 292 g/mol. The van der Waals surface area contributed by atoms with Crippen molar-refractivity contribution in [1.82, 2.24) is 0 Å². The van der Waals surface area contributed by atoms with Crippen LogP contribution in [0.15, 0.2) is 59.5 Å². The number of hydrogen-bond donors (Lipinski definition) is 1. The Balaban J connectivity index is 2.46. The molecule has 2 aromatic rings. The second-order valence-electron chi connectivity index (χ2n) is 4.41. The zero-order valence-electron chi connectivity index (χ0n) is 11.3. The van der Waals surface area contributed by atoms with Gasteiger partial charge in [0, 0.05) is 0 Å². The van der Waals surface area contributed by atoms with E-state index >= 15 is 0 Å². The molecule has 1 atom stereocenters. The third-order valence-corrected chi connectivity index (χ3v) is 5.36. The number of hydrogen-bond acceptors (Lipinski definition) is 3. The number of quaternary nitrogens is 1. The Morgan fingerprint density at radius 3 is 2.40 bits per heavy atom. The Morgan fingerprint density at radius 2 is 1.80 bits per heavy atom. The van der Waals surface area contributed by atoms with Crippen molar-refractivity contribution in [3.05, 3.63) is 60.2 Å². The topological polar surface area (TPSA) is 71.0 Å². The second kappa shape index (κ2) is 6.07. The Hall–Kier alpha value is -1.85. The largest absolute Gasteiger partial charge is 0.497 e. The summed E-state index contributed by atoms with van der Waals surface area (Å²) in [6.07, 6.45) is 0. The molecular formula is C15H18NO3S+. The fourth-order valence-corrected chi connectivity index (χ4v) is 3.80. The number of benzene rings is 2. The van der Waals surface area contributed by atoms with E-state index in [2.05, 4.69) is 5.73 Å². The van der Waals surface area contributed by atoms with E-state index in [9.17, 15) is 8.42 Å².